The van der Waals surface area contributed by atoms with Gasteiger partial charge in [0.05, 0.1) is 12.6 Å². The summed E-state index contributed by atoms with van der Waals surface area (Å²) in [5, 5.41) is 1.11. The van der Waals surface area contributed by atoms with Gasteiger partial charge in [0.25, 0.3) is 0 Å². The minimum Gasteiger partial charge on any atom is -0.497 e. The lowest BCUT2D eigenvalue weighted by Gasteiger charge is -2.35. The van der Waals surface area contributed by atoms with E-state index in [0.717, 1.165) is 46.6 Å². The van der Waals surface area contributed by atoms with Crippen molar-refractivity contribution in [1.29, 1.82) is 0 Å². The predicted octanol–water partition coefficient (Wildman–Crippen LogP) is 3.60. The SMILES string of the molecule is COc1ccc2c(c1)[nH]c1c(N3C[C@H](C)C[C@H](C)C3)ncnc12. The van der Waals surface area contributed by atoms with E-state index < -0.39 is 0 Å². The highest BCUT2D eigenvalue weighted by Gasteiger charge is 2.25. The molecule has 2 aromatic heterocycles. The number of H-pyrrole nitrogens is 1. The van der Waals surface area contributed by atoms with E-state index in [4.69, 9.17) is 4.74 Å². The molecule has 2 atom stereocenters. The highest BCUT2D eigenvalue weighted by atomic mass is 16.5. The number of ether oxygens (including phenoxy) is 1. The zero-order chi connectivity index (χ0) is 16.0. The fourth-order valence-corrected chi connectivity index (χ4v) is 3.87. The largest absolute Gasteiger partial charge is 0.497 e. The molecule has 1 aliphatic rings. The van der Waals surface area contributed by atoms with Gasteiger partial charge in [-0.3, -0.25) is 0 Å². The first-order valence-corrected chi connectivity index (χ1v) is 8.21. The smallest absolute Gasteiger partial charge is 0.156 e. The van der Waals surface area contributed by atoms with Crippen LogP contribution in [0.15, 0.2) is 24.5 Å². The number of aromatic amines is 1. The maximum absolute atomic E-state index is 5.33. The van der Waals surface area contributed by atoms with Crippen molar-refractivity contribution in [3.63, 3.8) is 0 Å². The lowest BCUT2D eigenvalue weighted by atomic mass is 9.92. The van der Waals surface area contributed by atoms with Crippen molar-refractivity contribution in [3.05, 3.63) is 24.5 Å². The van der Waals surface area contributed by atoms with Crippen molar-refractivity contribution in [2.45, 2.75) is 20.3 Å². The molecule has 0 saturated carbocycles. The van der Waals surface area contributed by atoms with Gasteiger partial charge in [0.15, 0.2) is 5.82 Å². The Bertz CT molecular complexity index is 847. The summed E-state index contributed by atoms with van der Waals surface area (Å²) in [6, 6.07) is 6.05. The fourth-order valence-electron chi connectivity index (χ4n) is 3.87. The molecule has 1 saturated heterocycles. The van der Waals surface area contributed by atoms with Crippen molar-refractivity contribution < 1.29 is 4.74 Å². The summed E-state index contributed by atoms with van der Waals surface area (Å²) < 4.78 is 5.33. The average molecular weight is 310 g/mol. The fraction of sp³-hybridized carbons (Fsp3) is 0.444. The summed E-state index contributed by atoms with van der Waals surface area (Å²) in [7, 11) is 1.69. The molecule has 1 aliphatic heterocycles. The summed E-state index contributed by atoms with van der Waals surface area (Å²) in [5.74, 6) is 3.24. The highest BCUT2D eigenvalue weighted by molar-refractivity contribution is 6.08. The van der Waals surface area contributed by atoms with Gasteiger partial charge in [-0.2, -0.15) is 0 Å². The number of benzene rings is 1. The molecule has 0 aliphatic carbocycles. The molecule has 1 fully saturated rings. The number of hydrogen-bond acceptors (Lipinski definition) is 4. The lowest BCUT2D eigenvalue weighted by molar-refractivity contribution is 0.356. The summed E-state index contributed by atoms with van der Waals surface area (Å²) in [5.41, 5.74) is 3.05. The summed E-state index contributed by atoms with van der Waals surface area (Å²) in [6.45, 7) is 6.73. The van der Waals surface area contributed by atoms with E-state index in [2.05, 4.69) is 39.8 Å². The molecule has 23 heavy (non-hydrogen) atoms. The van der Waals surface area contributed by atoms with Gasteiger partial charge in [0, 0.05) is 24.5 Å². The minimum atomic E-state index is 0.688. The Balaban J connectivity index is 1.87. The Hall–Kier alpha value is -2.30. The lowest BCUT2D eigenvalue weighted by Crippen LogP contribution is -2.39. The van der Waals surface area contributed by atoms with Crippen LogP contribution < -0.4 is 9.64 Å². The Morgan fingerprint density at radius 3 is 2.70 bits per heavy atom. The first-order chi connectivity index (χ1) is 11.2. The number of rotatable bonds is 2. The third kappa shape index (κ3) is 2.40. The van der Waals surface area contributed by atoms with E-state index in [1.165, 1.54) is 6.42 Å². The molecule has 0 bridgehead atoms. The van der Waals surface area contributed by atoms with E-state index in [-0.39, 0.29) is 0 Å². The molecule has 5 heteroatoms. The predicted molar refractivity (Wildman–Crippen MR) is 93.1 cm³/mol. The second-order valence-electron chi connectivity index (χ2n) is 6.81. The molecule has 0 radical (unpaired) electrons. The zero-order valence-corrected chi connectivity index (χ0v) is 13.8. The second-order valence-corrected chi connectivity index (χ2v) is 6.81. The van der Waals surface area contributed by atoms with Crippen LogP contribution in [-0.2, 0) is 0 Å². The maximum Gasteiger partial charge on any atom is 0.156 e. The summed E-state index contributed by atoms with van der Waals surface area (Å²) >= 11 is 0. The third-order valence-electron chi connectivity index (χ3n) is 4.74. The molecule has 5 nitrogen and oxygen atoms in total. The van der Waals surface area contributed by atoms with Crippen LogP contribution in [0.4, 0.5) is 5.82 Å². The van der Waals surface area contributed by atoms with Crippen LogP contribution in [0.3, 0.4) is 0 Å². The van der Waals surface area contributed by atoms with Gasteiger partial charge in [-0.05, 0) is 30.4 Å². The molecule has 0 spiro atoms. The van der Waals surface area contributed by atoms with Gasteiger partial charge in [0.1, 0.15) is 23.1 Å². The summed E-state index contributed by atoms with van der Waals surface area (Å²) in [4.78, 5) is 15.0. The molecule has 0 amide bonds. The summed E-state index contributed by atoms with van der Waals surface area (Å²) in [6.07, 6.45) is 2.97. The van der Waals surface area contributed by atoms with Crippen LogP contribution >= 0.6 is 0 Å². The van der Waals surface area contributed by atoms with Crippen LogP contribution in [0.2, 0.25) is 0 Å². The van der Waals surface area contributed by atoms with Crippen molar-refractivity contribution in [1.82, 2.24) is 15.0 Å². The Morgan fingerprint density at radius 1 is 1.17 bits per heavy atom. The van der Waals surface area contributed by atoms with E-state index in [1.807, 2.05) is 12.1 Å². The maximum atomic E-state index is 5.33. The van der Waals surface area contributed by atoms with Gasteiger partial charge in [-0.15, -0.1) is 0 Å². The first kappa shape index (κ1) is 14.3. The molecule has 3 aromatic rings. The van der Waals surface area contributed by atoms with Gasteiger partial charge in [-0.25, -0.2) is 9.97 Å². The normalized spacial score (nSPS) is 22.0. The Kier molecular flexibility index (Phi) is 3.36. The van der Waals surface area contributed by atoms with Crippen LogP contribution in [0.1, 0.15) is 20.3 Å². The number of methoxy groups -OCH3 is 1. The quantitative estimate of drug-likeness (QED) is 0.786. The van der Waals surface area contributed by atoms with E-state index in [0.29, 0.717) is 11.8 Å². The minimum absolute atomic E-state index is 0.688. The third-order valence-corrected chi connectivity index (χ3v) is 4.74. The average Bonchev–Trinajstić information content (AvgIpc) is 2.91. The molecular weight excluding hydrogens is 288 g/mol. The highest BCUT2D eigenvalue weighted by Crippen LogP contribution is 2.33. The van der Waals surface area contributed by atoms with E-state index in [1.54, 1.807) is 13.4 Å². The van der Waals surface area contributed by atoms with E-state index >= 15 is 0 Å². The number of piperidine rings is 1. The topological polar surface area (TPSA) is 54.0 Å². The molecular formula is C18H22N4O. The molecule has 120 valence electrons. The molecule has 3 heterocycles. The van der Waals surface area contributed by atoms with Crippen LogP contribution in [0.5, 0.6) is 5.75 Å². The standard InChI is InChI=1S/C18H22N4O/c1-11-6-12(2)9-22(8-11)18-17-16(19-10-20-18)14-5-4-13(23-3)7-15(14)21-17/h4-5,7,10-12,21H,6,8-9H2,1-3H3/t11-,12+. The van der Waals surface area contributed by atoms with Gasteiger partial charge in [0.2, 0.25) is 0 Å². The molecule has 1 N–H and O–H groups in total. The number of anilines is 1. The van der Waals surface area contributed by atoms with Gasteiger partial charge >= 0.3 is 0 Å². The van der Waals surface area contributed by atoms with Crippen molar-refractivity contribution in [3.8, 4) is 5.75 Å². The van der Waals surface area contributed by atoms with Gasteiger partial charge < -0.3 is 14.6 Å². The number of nitrogens with zero attached hydrogens (tertiary/aromatic N) is 3. The molecule has 1 aromatic carbocycles. The monoisotopic (exact) mass is 310 g/mol. The van der Waals surface area contributed by atoms with Crippen LogP contribution in [0.25, 0.3) is 21.9 Å². The number of aromatic nitrogens is 3. The number of hydrogen-bond donors (Lipinski definition) is 1. The van der Waals surface area contributed by atoms with Crippen LogP contribution in [-0.4, -0.2) is 35.2 Å². The Labute approximate surface area is 135 Å². The van der Waals surface area contributed by atoms with Crippen molar-refractivity contribution in [2.24, 2.45) is 11.8 Å². The molecule has 0 unspecified atom stereocenters. The number of fused-ring (bicyclic) bond motifs is 3. The van der Waals surface area contributed by atoms with Crippen molar-refractivity contribution in [2.75, 3.05) is 25.1 Å². The first-order valence-electron chi connectivity index (χ1n) is 8.21. The zero-order valence-electron chi connectivity index (χ0n) is 13.8. The van der Waals surface area contributed by atoms with Crippen LogP contribution in [0, 0.1) is 11.8 Å². The molecule has 4 rings (SSSR count). The van der Waals surface area contributed by atoms with E-state index in [9.17, 15) is 0 Å². The van der Waals surface area contributed by atoms with Gasteiger partial charge in [-0.1, -0.05) is 13.8 Å². The number of nitrogens with one attached hydrogen (secondary N) is 1. The van der Waals surface area contributed by atoms with Crippen molar-refractivity contribution >= 4 is 27.8 Å². The Morgan fingerprint density at radius 2 is 1.96 bits per heavy atom. The second kappa shape index (κ2) is 5.41.